The molecular formula is C26H19FIN3O7. The fourth-order valence-corrected chi connectivity index (χ4v) is 4.42. The van der Waals surface area contributed by atoms with Crippen LogP contribution < -0.4 is 19.7 Å². The highest BCUT2D eigenvalue weighted by Gasteiger charge is 2.37. The lowest BCUT2D eigenvalue weighted by atomic mass is 10.1. The molecule has 0 aliphatic carbocycles. The van der Waals surface area contributed by atoms with E-state index in [-0.39, 0.29) is 29.4 Å². The second kappa shape index (κ2) is 11.4. The van der Waals surface area contributed by atoms with Gasteiger partial charge in [0.15, 0.2) is 11.5 Å². The van der Waals surface area contributed by atoms with Crippen LogP contribution in [-0.4, -0.2) is 29.4 Å². The van der Waals surface area contributed by atoms with E-state index in [0.29, 0.717) is 32.8 Å². The van der Waals surface area contributed by atoms with Gasteiger partial charge in [0, 0.05) is 12.1 Å². The van der Waals surface area contributed by atoms with Crippen LogP contribution >= 0.6 is 22.6 Å². The van der Waals surface area contributed by atoms with Gasteiger partial charge in [-0.15, -0.1) is 0 Å². The van der Waals surface area contributed by atoms with Crippen molar-refractivity contribution in [1.29, 1.82) is 0 Å². The SMILES string of the molecule is CCOc1cc(/C=C2\C(=O)NC(=O)N(c3ccc([N+](=O)[O-])cc3)C2=O)cc(I)c1OCc1cccc(F)c1. The van der Waals surface area contributed by atoms with Crippen molar-refractivity contribution >= 4 is 57.9 Å². The largest absolute Gasteiger partial charge is 0.490 e. The maximum Gasteiger partial charge on any atom is 0.335 e. The molecule has 0 bridgehead atoms. The van der Waals surface area contributed by atoms with Crippen LogP contribution in [0.1, 0.15) is 18.1 Å². The third kappa shape index (κ3) is 5.80. The number of rotatable bonds is 8. The Labute approximate surface area is 229 Å². The molecular weight excluding hydrogens is 612 g/mol. The second-order valence-electron chi connectivity index (χ2n) is 7.91. The lowest BCUT2D eigenvalue weighted by Crippen LogP contribution is -2.54. The van der Waals surface area contributed by atoms with Crippen LogP contribution in [-0.2, 0) is 16.2 Å². The van der Waals surface area contributed by atoms with E-state index in [1.54, 1.807) is 31.2 Å². The van der Waals surface area contributed by atoms with Crippen molar-refractivity contribution in [2.45, 2.75) is 13.5 Å². The minimum absolute atomic E-state index is 0.0576. The number of ether oxygens (including phenoxy) is 2. The van der Waals surface area contributed by atoms with E-state index in [0.717, 1.165) is 17.0 Å². The zero-order valence-corrected chi connectivity index (χ0v) is 21.9. The predicted molar refractivity (Wildman–Crippen MR) is 143 cm³/mol. The number of carbonyl (C=O) groups excluding carboxylic acids is 3. The Kier molecular flexibility index (Phi) is 8.00. The van der Waals surface area contributed by atoms with Gasteiger partial charge in [0.25, 0.3) is 17.5 Å². The van der Waals surface area contributed by atoms with Crippen molar-refractivity contribution in [2.75, 3.05) is 11.5 Å². The van der Waals surface area contributed by atoms with Gasteiger partial charge in [-0.05, 0) is 83.1 Å². The first kappa shape index (κ1) is 26.7. The lowest BCUT2D eigenvalue weighted by Gasteiger charge is -2.26. The number of barbiturate groups is 1. The first-order chi connectivity index (χ1) is 18.2. The Morgan fingerprint density at radius 1 is 1.08 bits per heavy atom. The van der Waals surface area contributed by atoms with Crippen molar-refractivity contribution < 1.29 is 33.2 Å². The van der Waals surface area contributed by atoms with Crippen molar-refractivity contribution in [2.24, 2.45) is 0 Å². The van der Waals surface area contributed by atoms with E-state index in [1.165, 1.54) is 30.3 Å². The number of nitrogens with one attached hydrogen (secondary N) is 1. The fraction of sp³-hybridized carbons (Fsp3) is 0.115. The number of nitro benzene ring substituents is 1. The quantitative estimate of drug-likeness (QED) is 0.122. The zero-order chi connectivity index (χ0) is 27.4. The molecule has 4 rings (SSSR count). The molecule has 1 aliphatic rings. The molecule has 0 atom stereocenters. The highest BCUT2D eigenvalue weighted by atomic mass is 127. The van der Waals surface area contributed by atoms with Crippen molar-refractivity contribution in [3.05, 3.63) is 96.9 Å². The van der Waals surface area contributed by atoms with E-state index < -0.39 is 22.8 Å². The van der Waals surface area contributed by atoms with Gasteiger partial charge in [-0.3, -0.25) is 25.0 Å². The molecule has 3 aromatic rings. The normalized spacial score (nSPS) is 14.4. The van der Waals surface area contributed by atoms with Crippen molar-refractivity contribution in [1.82, 2.24) is 5.32 Å². The highest BCUT2D eigenvalue weighted by molar-refractivity contribution is 14.1. The monoisotopic (exact) mass is 631 g/mol. The van der Waals surface area contributed by atoms with Gasteiger partial charge < -0.3 is 9.47 Å². The summed E-state index contributed by atoms with van der Waals surface area (Å²) in [5, 5.41) is 13.0. The maximum atomic E-state index is 13.5. The third-order valence-electron chi connectivity index (χ3n) is 5.34. The van der Waals surface area contributed by atoms with Crippen molar-refractivity contribution in [3.8, 4) is 11.5 Å². The molecule has 1 saturated heterocycles. The van der Waals surface area contributed by atoms with Gasteiger partial charge in [-0.25, -0.2) is 14.1 Å². The molecule has 0 saturated carbocycles. The van der Waals surface area contributed by atoms with E-state index >= 15 is 0 Å². The standard InChI is InChI=1S/C26H19FIN3O7/c1-2-37-22-13-16(12-21(28)23(22)38-14-15-4-3-5-17(27)10-15)11-20-24(32)29-26(34)30(25(20)33)18-6-8-19(9-7-18)31(35)36/h3-13H,2,14H2,1H3,(H,29,32,34)/b20-11+. The highest BCUT2D eigenvalue weighted by Crippen LogP contribution is 2.36. The molecule has 12 heteroatoms. The summed E-state index contributed by atoms with van der Waals surface area (Å²) >= 11 is 2.02. The van der Waals surface area contributed by atoms with Crippen LogP contribution in [0.2, 0.25) is 0 Å². The van der Waals surface area contributed by atoms with E-state index in [2.05, 4.69) is 5.32 Å². The number of hydrogen-bond acceptors (Lipinski definition) is 7. The smallest absolute Gasteiger partial charge is 0.335 e. The molecule has 0 aromatic heterocycles. The fourth-order valence-electron chi connectivity index (χ4n) is 3.64. The molecule has 1 N–H and O–H groups in total. The van der Waals surface area contributed by atoms with Crippen LogP contribution in [0.4, 0.5) is 20.6 Å². The summed E-state index contributed by atoms with van der Waals surface area (Å²) in [6.45, 7) is 2.16. The third-order valence-corrected chi connectivity index (χ3v) is 6.14. The summed E-state index contributed by atoms with van der Waals surface area (Å²) in [4.78, 5) is 49.2. The van der Waals surface area contributed by atoms with Crippen LogP contribution in [0, 0.1) is 19.5 Å². The van der Waals surface area contributed by atoms with Gasteiger partial charge in [-0.2, -0.15) is 0 Å². The van der Waals surface area contributed by atoms with Gasteiger partial charge in [0.2, 0.25) is 0 Å². The van der Waals surface area contributed by atoms with Gasteiger partial charge >= 0.3 is 6.03 Å². The Morgan fingerprint density at radius 2 is 1.82 bits per heavy atom. The summed E-state index contributed by atoms with van der Waals surface area (Å²) in [6.07, 6.45) is 1.31. The van der Waals surface area contributed by atoms with Crippen LogP contribution in [0.15, 0.2) is 66.2 Å². The molecule has 1 fully saturated rings. The minimum atomic E-state index is -0.975. The van der Waals surface area contributed by atoms with E-state index in [4.69, 9.17) is 9.47 Å². The Morgan fingerprint density at radius 3 is 2.47 bits per heavy atom. The number of imide groups is 2. The number of urea groups is 1. The second-order valence-corrected chi connectivity index (χ2v) is 9.08. The van der Waals surface area contributed by atoms with Crippen LogP contribution in [0.25, 0.3) is 6.08 Å². The maximum absolute atomic E-state index is 13.5. The van der Waals surface area contributed by atoms with Gasteiger partial charge in [0.1, 0.15) is 18.0 Å². The van der Waals surface area contributed by atoms with Gasteiger partial charge in [-0.1, -0.05) is 12.1 Å². The number of nitrogens with zero attached hydrogens (tertiary/aromatic N) is 2. The first-order valence-corrected chi connectivity index (χ1v) is 12.2. The minimum Gasteiger partial charge on any atom is -0.490 e. The Balaban J connectivity index is 1.65. The summed E-state index contributed by atoms with van der Waals surface area (Å²) in [6, 6.07) is 13.0. The molecule has 3 aromatic carbocycles. The zero-order valence-electron chi connectivity index (χ0n) is 19.8. The number of hydrogen-bond donors (Lipinski definition) is 1. The van der Waals surface area contributed by atoms with Crippen molar-refractivity contribution in [3.63, 3.8) is 0 Å². The van der Waals surface area contributed by atoms with E-state index in [1.807, 2.05) is 22.6 Å². The molecule has 0 unspecified atom stereocenters. The summed E-state index contributed by atoms with van der Waals surface area (Å²) < 4.78 is 25.7. The van der Waals surface area contributed by atoms with Crippen LogP contribution in [0.3, 0.4) is 0 Å². The van der Waals surface area contributed by atoms with E-state index in [9.17, 15) is 28.9 Å². The molecule has 38 heavy (non-hydrogen) atoms. The number of anilines is 1. The molecule has 4 amide bonds. The topological polar surface area (TPSA) is 128 Å². The number of amides is 4. The predicted octanol–water partition coefficient (Wildman–Crippen LogP) is 4.98. The first-order valence-electron chi connectivity index (χ1n) is 11.2. The number of carbonyl (C=O) groups is 3. The number of nitro groups is 1. The average molecular weight is 631 g/mol. The van der Waals surface area contributed by atoms with Crippen LogP contribution in [0.5, 0.6) is 11.5 Å². The number of non-ortho nitro benzene ring substituents is 1. The van der Waals surface area contributed by atoms with Gasteiger partial charge in [0.05, 0.1) is 20.8 Å². The molecule has 10 nitrogen and oxygen atoms in total. The summed E-state index contributed by atoms with van der Waals surface area (Å²) in [7, 11) is 0. The average Bonchev–Trinajstić information content (AvgIpc) is 2.86. The summed E-state index contributed by atoms with van der Waals surface area (Å²) in [5.74, 6) is -1.43. The Bertz CT molecular complexity index is 1470. The number of benzene rings is 3. The molecule has 194 valence electrons. The number of halogens is 2. The molecule has 0 spiro atoms. The molecule has 1 heterocycles. The molecule has 1 aliphatic heterocycles. The lowest BCUT2D eigenvalue weighted by molar-refractivity contribution is -0.384. The molecule has 0 radical (unpaired) electrons. The summed E-state index contributed by atoms with van der Waals surface area (Å²) in [5.41, 5.74) is 0.558. The Hall–Kier alpha value is -4.33.